The molecule has 0 saturated carbocycles. The molecule has 0 atom stereocenters. The van der Waals surface area contributed by atoms with E-state index in [-0.39, 0.29) is 5.91 Å². The summed E-state index contributed by atoms with van der Waals surface area (Å²) in [6, 6.07) is 5.42. The molecule has 0 spiro atoms. The molecule has 172 valence electrons. The summed E-state index contributed by atoms with van der Waals surface area (Å²) in [7, 11) is 5.36. The number of likely N-dealkylation sites (tertiary alicyclic amines) is 1. The zero-order valence-corrected chi connectivity index (χ0v) is 19.1. The summed E-state index contributed by atoms with van der Waals surface area (Å²) in [5.74, 6) is 1.30. The maximum Gasteiger partial charge on any atom is 0.247 e. The van der Waals surface area contributed by atoms with Gasteiger partial charge >= 0.3 is 0 Å². The minimum atomic E-state index is -0.305. The lowest BCUT2D eigenvalue weighted by Gasteiger charge is -2.29. The van der Waals surface area contributed by atoms with Crippen molar-refractivity contribution in [1.29, 1.82) is 0 Å². The molecule has 10 nitrogen and oxygen atoms in total. The van der Waals surface area contributed by atoms with E-state index in [9.17, 15) is 4.79 Å². The maximum absolute atomic E-state index is 11.9. The maximum atomic E-state index is 11.9. The molecule has 0 bridgehead atoms. The predicted octanol–water partition coefficient (Wildman–Crippen LogP) is 2.81. The largest absolute Gasteiger partial charge is 0.494 e. The number of aromatic nitrogens is 4. The molecule has 0 unspecified atom stereocenters. The van der Waals surface area contributed by atoms with Gasteiger partial charge in [0.05, 0.1) is 30.4 Å². The van der Waals surface area contributed by atoms with Gasteiger partial charge in [-0.2, -0.15) is 10.1 Å². The van der Waals surface area contributed by atoms with Gasteiger partial charge in [0.25, 0.3) is 0 Å². The lowest BCUT2D eigenvalue weighted by molar-refractivity contribution is -0.111. The van der Waals surface area contributed by atoms with E-state index in [1.54, 1.807) is 30.1 Å². The molecule has 4 rings (SSSR count). The molecule has 1 saturated heterocycles. The van der Waals surface area contributed by atoms with Gasteiger partial charge in [-0.3, -0.25) is 9.69 Å². The van der Waals surface area contributed by atoms with E-state index in [4.69, 9.17) is 4.74 Å². The van der Waals surface area contributed by atoms with Crippen molar-refractivity contribution in [3.63, 3.8) is 0 Å². The minimum absolute atomic E-state index is 0.305. The average Bonchev–Trinajstić information content (AvgIpc) is 3.25. The Labute approximate surface area is 192 Å². The first-order valence-corrected chi connectivity index (χ1v) is 10.7. The molecule has 3 heterocycles. The number of amides is 1. The summed E-state index contributed by atoms with van der Waals surface area (Å²) in [6.45, 7) is 6.69. The van der Waals surface area contributed by atoms with E-state index in [1.807, 2.05) is 37.5 Å². The van der Waals surface area contributed by atoms with Crippen molar-refractivity contribution in [3.05, 3.63) is 55.0 Å². The van der Waals surface area contributed by atoms with Crippen LogP contribution in [0, 0.1) is 0 Å². The highest BCUT2D eigenvalue weighted by Gasteiger charge is 2.16. The molecular weight excluding hydrogens is 420 g/mol. The molecule has 33 heavy (non-hydrogen) atoms. The molecule has 1 aliphatic rings. The molecular formula is C23H28N8O2. The second-order valence-electron chi connectivity index (χ2n) is 7.94. The summed E-state index contributed by atoms with van der Waals surface area (Å²) in [5.41, 5.74) is 3.14. The Morgan fingerprint density at radius 3 is 2.79 bits per heavy atom. The van der Waals surface area contributed by atoms with Crippen LogP contribution in [-0.4, -0.2) is 64.9 Å². The topological polar surface area (TPSA) is 100 Å². The highest BCUT2D eigenvalue weighted by Crippen LogP contribution is 2.37. The second-order valence-corrected chi connectivity index (χ2v) is 7.94. The van der Waals surface area contributed by atoms with E-state index in [0.29, 0.717) is 28.9 Å². The molecule has 1 amide bonds. The number of hydrogen-bond acceptors (Lipinski definition) is 8. The lowest BCUT2D eigenvalue weighted by atomic mass is 10.2. The number of anilines is 4. The summed E-state index contributed by atoms with van der Waals surface area (Å²) in [6.07, 6.45) is 8.00. The van der Waals surface area contributed by atoms with Crippen molar-refractivity contribution >= 4 is 28.9 Å². The quantitative estimate of drug-likeness (QED) is 0.482. The van der Waals surface area contributed by atoms with Gasteiger partial charge < -0.3 is 20.3 Å². The van der Waals surface area contributed by atoms with Gasteiger partial charge in [-0.05, 0) is 31.7 Å². The van der Waals surface area contributed by atoms with Crippen LogP contribution >= 0.6 is 0 Å². The summed E-state index contributed by atoms with van der Waals surface area (Å²) < 4.78 is 7.31. The van der Waals surface area contributed by atoms with Crippen LogP contribution in [0.2, 0.25) is 0 Å². The Bertz CT molecular complexity index is 1150. The molecule has 1 aliphatic heterocycles. The number of carbonyl (C=O) groups is 1. The van der Waals surface area contributed by atoms with Crippen LogP contribution in [0.25, 0.3) is 5.82 Å². The van der Waals surface area contributed by atoms with E-state index in [0.717, 1.165) is 30.9 Å². The van der Waals surface area contributed by atoms with Gasteiger partial charge in [0, 0.05) is 50.7 Å². The first kappa shape index (κ1) is 22.3. The van der Waals surface area contributed by atoms with Crippen LogP contribution in [0.5, 0.6) is 5.75 Å². The Kier molecular flexibility index (Phi) is 6.55. The van der Waals surface area contributed by atoms with Gasteiger partial charge in [0.1, 0.15) is 5.75 Å². The van der Waals surface area contributed by atoms with E-state index in [1.165, 1.54) is 12.5 Å². The molecule has 2 N–H and O–H groups in total. The van der Waals surface area contributed by atoms with Crippen molar-refractivity contribution in [2.45, 2.75) is 13.0 Å². The third kappa shape index (κ3) is 5.12. The fourth-order valence-corrected chi connectivity index (χ4v) is 3.51. The molecule has 1 fully saturated rings. The standard InChI is InChI=1S/C23H28N8O2/c1-5-22(32)26-17-11-18(20(33-4)12-19(17)29(2)3)27-23-24-8-7-21(28-23)31-15-16(13-25-31)14-30-9-6-10-30/h5,7-8,11-13,15H,1,6,9-10,14H2,2-4H3,(H,26,32)(H,24,27,28). The van der Waals surface area contributed by atoms with E-state index in [2.05, 4.69) is 37.2 Å². The molecule has 3 aromatic rings. The Balaban J connectivity index is 1.60. The first-order valence-electron chi connectivity index (χ1n) is 10.7. The van der Waals surface area contributed by atoms with Crippen molar-refractivity contribution in [3.8, 4) is 11.6 Å². The summed E-state index contributed by atoms with van der Waals surface area (Å²) in [4.78, 5) is 25.1. The molecule has 0 aliphatic carbocycles. The third-order valence-electron chi connectivity index (χ3n) is 5.36. The number of nitrogens with zero attached hydrogens (tertiary/aromatic N) is 6. The van der Waals surface area contributed by atoms with Crippen LogP contribution in [0.1, 0.15) is 12.0 Å². The van der Waals surface area contributed by atoms with Gasteiger partial charge in [0.2, 0.25) is 11.9 Å². The van der Waals surface area contributed by atoms with Gasteiger partial charge in [-0.25, -0.2) is 9.67 Å². The molecule has 1 aromatic carbocycles. The first-order chi connectivity index (χ1) is 16.0. The summed E-state index contributed by atoms with van der Waals surface area (Å²) in [5, 5.41) is 10.5. The van der Waals surface area contributed by atoms with Crippen molar-refractivity contribution < 1.29 is 9.53 Å². The number of rotatable bonds is 9. The van der Waals surface area contributed by atoms with Crippen LogP contribution < -0.4 is 20.3 Å². The number of nitrogens with one attached hydrogen (secondary N) is 2. The van der Waals surface area contributed by atoms with Crippen LogP contribution in [0.3, 0.4) is 0 Å². The number of hydrogen-bond donors (Lipinski definition) is 2. The van der Waals surface area contributed by atoms with Crippen molar-refractivity contribution in [1.82, 2.24) is 24.6 Å². The van der Waals surface area contributed by atoms with Crippen LogP contribution in [0.15, 0.2) is 49.4 Å². The predicted molar refractivity (Wildman–Crippen MR) is 128 cm³/mol. The number of methoxy groups -OCH3 is 1. The number of carbonyl (C=O) groups excluding carboxylic acids is 1. The zero-order valence-electron chi connectivity index (χ0n) is 19.1. The highest BCUT2D eigenvalue weighted by atomic mass is 16.5. The second kappa shape index (κ2) is 9.70. The van der Waals surface area contributed by atoms with Crippen LogP contribution in [-0.2, 0) is 11.3 Å². The van der Waals surface area contributed by atoms with E-state index < -0.39 is 0 Å². The molecule has 0 radical (unpaired) electrons. The molecule has 10 heteroatoms. The number of ether oxygens (including phenoxy) is 1. The lowest BCUT2D eigenvalue weighted by Crippen LogP contribution is -2.36. The van der Waals surface area contributed by atoms with Gasteiger partial charge in [-0.1, -0.05) is 6.58 Å². The normalized spacial score (nSPS) is 13.2. The fraction of sp³-hybridized carbons (Fsp3) is 0.304. The Hall–Kier alpha value is -3.92. The average molecular weight is 449 g/mol. The molecule has 2 aromatic heterocycles. The SMILES string of the molecule is C=CC(=O)Nc1cc(Nc2nccc(-n3cc(CN4CCC4)cn3)n2)c(OC)cc1N(C)C. The van der Waals surface area contributed by atoms with Crippen molar-refractivity contribution in [2.24, 2.45) is 0 Å². The summed E-state index contributed by atoms with van der Waals surface area (Å²) >= 11 is 0. The Morgan fingerprint density at radius 2 is 2.12 bits per heavy atom. The highest BCUT2D eigenvalue weighted by molar-refractivity contribution is 6.02. The third-order valence-corrected chi connectivity index (χ3v) is 5.36. The minimum Gasteiger partial charge on any atom is -0.494 e. The van der Waals surface area contributed by atoms with E-state index >= 15 is 0 Å². The number of benzene rings is 1. The fourth-order valence-electron chi connectivity index (χ4n) is 3.51. The Morgan fingerprint density at radius 1 is 1.30 bits per heavy atom. The van der Waals surface area contributed by atoms with Crippen LogP contribution in [0.4, 0.5) is 23.0 Å². The monoisotopic (exact) mass is 448 g/mol. The van der Waals surface area contributed by atoms with Gasteiger partial charge in [-0.15, -0.1) is 0 Å². The smallest absolute Gasteiger partial charge is 0.247 e. The zero-order chi connectivity index (χ0) is 23.4. The van der Waals surface area contributed by atoms with Crippen molar-refractivity contribution in [2.75, 3.05) is 49.8 Å². The van der Waals surface area contributed by atoms with Gasteiger partial charge in [0.15, 0.2) is 5.82 Å².